The summed E-state index contributed by atoms with van der Waals surface area (Å²) in [6.45, 7) is 3.64. The number of nitrogens with one attached hydrogen (secondary N) is 1. The Morgan fingerprint density at radius 2 is 2.09 bits per heavy atom. The molecule has 0 aromatic carbocycles. The van der Waals surface area contributed by atoms with Gasteiger partial charge in [0.25, 0.3) is 10.0 Å². The van der Waals surface area contributed by atoms with E-state index in [0.717, 1.165) is 30.6 Å². The molecule has 0 spiro atoms. The lowest BCUT2D eigenvalue weighted by atomic mass is 9.94. The Kier molecular flexibility index (Phi) is 6.26. The van der Waals surface area contributed by atoms with E-state index in [1.54, 1.807) is 12.1 Å². The van der Waals surface area contributed by atoms with Crippen molar-refractivity contribution in [3.63, 3.8) is 0 Å². The molecule has 1 aromatic heterocycles. The molecule has 124 valence electrons. The van der Waals surface area contributed by atoms with Crippen molar-refractivity contribution in [2.24, 2.45) is 5.92 Å². The molecule has 1 saturated heterocycles. The van der Waals surface area contributed by atoms with Gasteiger partial charge in [-0.25, -0.2) is 8.42 Å². The van der Waals surface area contributed by atoms with Crippen LogP contribution in [-0.4, -0.2) is 38.3 Å². The van der Waals surface area contributed by atoms with Gasteiger partial charge in [0.2, 0.25) is 5.91 Å². The average molecular weight is 365 g/mol. The average Bonchev–Trinajstić information content (AvgIpc) is 2.93. The molecule has 1 fully saturated rings. The van der Waals surface area contributed by atoms with Crippen molar-refractivity contribution in [2.75, 3.05) is 19.6 Å². The van der Waals surface area contributed by atoms with Gasteiger partial charge in [-0.2, -0.15) is 4.31 Å². The first-order chi connectivity index (χ1) is 10.4. The number of amides is 1. The number of sulfonamides is 1. The van der Waals surface area contributed by atoms with Crippen molar-refractivity contribution in [3.05, 3.63) is 16.5 Å². The smallest absolute Gasteiger partial charge is 0.252 e. The number of nitrogens with zero attached hydrogens (tertiary/aromatic N) is 1. The van der Waals surface area contributed by atoms with Crippen LogP contribution in [0.2, 0.25) is 4.34 Å². The standard InChI is InChI=1S/C14H21ClN2O3S2/c1-2-7-16-13(18)10-11-5-8-17(9-6-11)22(19,20)14-4-3-12(15)21-14/h3-4,11H,2,5-10H2,1H3,(H,16,18). The number of carbonyl (C=O) groups excluding carboxylic acids is 1. The molecule has 0 atom stereocenters. The van der Waals surface area contributed by atoms with E-state index in [1.807, 2.05) is 6.92 Å². The van der Waals surface area contributed by atoms with Crippen molar-refractivity contribution in [1.82, 2.24) is 9.62 Å². The highest BCUT2D eigenvalue weighted by Gasteiger charge is 2.31. The number of piperidine rings is 1. The number of halogens is 1. The van der Waals surface area contributed by atoms with Crippen molar-refractivity contribution in [2.45, 2.75) is 36.8 Å². The largest absolute Gasteiger partial charge is 0.356 e. The fourth-order valence-electron chi connectivity index (χ4n) is 2.52. The van der Waals surface area contributed by atoms with Crippen molar-refractivity contribution in [3.8, 4) is 0 Å². The summed E-state index contributed by atoms with van der Waals surface area (Å²) in [5.74, 6) is 0.323. The molecule has 2 rings (SSSR count). The fraction of sp³-hybridized carbons (Fsp3) is 0.643. The maximum absolute atomic E-state index is 12.5. The Morgan fingerprint density at radius 3 is 2.64 bits per heavy atom. The summed E-state index contributed by atoms with van der Waals surface area (Å²) in [7, 11) is -3.44. The molecule has 1 aromatic rings. The van der Waals surface area contributed by atoms with Gasteiger partial charge in [-0.15, -0.1) is 11.3 Å². The van der Waals surface area contributed by atoms with Gasteiger partial charge in [0, 0.05) is 26.1 Å². The summed E-state index contributed by atoms with van der Waals surface area (Å²) in [5.41, 5.74) is 0. The zero-order valence-corrected chi connectivity index (χ0v) is 14.9. The summed E-state index contributed by atoms with van der Waals surface area (Å²) >= 11 is 6.90. The van der Waals surface area contributed by atoms with Gasteiger partial charge in [0.15, 0.2) is 0 Å². The van der Waals surface area contributed by atoms with Crippen LogP contribution in [-0.2, 0) is 14.8 Å². The van der Waals surface area contributed by atoms with Crippen molar-refractivity contribution in [1.29, 1.82) is 0 Å². The third-order valence-electron chi connectivity index (χ3n) is 3.76. The maximum Gasteiger partial charge on any atom is 0.252 e. The number of thiophene rings is 1. The van der Waals surface area contributed by atoms with Crippen molar-refractivity contribution >= 4 is 38.9 Å². The molecular formula is C14H21ClN2O3S2. The van der Waals surface area contributed by atoms with Crippen LogP contribution >= 0.6 is 22.9 Å². The summed E-state index contributed by atoms with van der Waals surface area (Å²) in [4.78, 5) is 11.7. The van der Waals surface area contributed by atoms with E-state index in [4.69, 9.17) is 11.6 Å². The first-order valence-corrected chi connectivity index (χ1v) is 10.1. The number of hydrogen-bond acceptors (Lipinski definition) is 4. The second-order valence-corrected chi connectivity index (χ2v) is 9.34. The lowest BCUT2D eigenvalue weighted by Gasteiger charge is -2.30. The second kappa shape index (κ2) is 7.77. The van der Waals surface area contributed by atoms with Gasteiger partial charge in [0.1, 0.15) is 4.21 Å². The molecule has 1 aliphatic rings. The molecule has 0 saturated carbocycles. The van der Waals surface area contributed by atoms with Gasteiger partial charge in [-0.1, -0.05) is 18.5 Å². The molecule has 0 aliphatic carbocycles. The predicted octanol–water partition coefficient (Wildman–Crippen LogP) is 2.72. The lowest BCUT2D eigenvalue weighted by molar-refractivity contribution is -0.122. The maximum atomic E-state index is 12.5. The minimum Gasteiger partial charge on any atom is -0.356 e. The topological polar surface area (TPSA) is 66.5 Å². The summed E-state index contributed by atoms with van der Waals surface area (Å²) in [6, 6.07) is 3.15. The summed E-state index contributed by atoms with van der Waals surface area (Å²) < 4.78 is 27.2. The normalized spacial score (nSPS) is 17.5. The van der Waals surface area contributed by atoms with Gasteiger partial charge in [-0.05, 0) is 37.3 Å². The molecule has 0 unspecified atom stereocenters. The van der Waals surface area contributed by atoms with Gasteiger partial charge >= 0.3 is 0 Å². The van der Waals surface area contributed by atoms with E-state index < -0.39 is 10.0 Å². The monoisotopic (exact) mass is 364 g/mol. The first-order valence-electron chi connectivity index (χ1n) is 7.45. The van der Waals surface area contributed by atoms with Gasteiger partial charge in [0.05, 0.1) is 4.34 Å². The van der Waals surface area contributed by atoms with Crippen LogP contribution in [0.15, 0.2) is 16.3 Å². The predicted molar refractivity (Wildman–Crippen MR) is 88.7 cm³/mol. The highest BCUT2D eigenvalue weighted by atomic mass is 35.5. The Hall–Kier alpha value is -0.630. The van der Waals surface area contributed by atoms with E-state index in [0.29, 0.717) is 30.4 Å². The van der Waals surface area contributed by atoms with Crippen LogP contribution in [0.4, 0.5) is 0 Å². The molecule has 0 radical (unpaired) electrons. The Labute approximate surface area is 140 Å². The van der Waals surface area contributed by atoms with E-state index >= 15 is 0 Å². The zero-order valence-electron chi connectivity index (χ0n) is 12.5. The van der Waals surface area contributed by atoms with Crippen molar-refractivity contribution < 1.29 is 13.2 Å². The van der Waals surface area contributed by atoms with Crippen LogP contribution in [0.25, 0.3) is 0 Å². The molecule has 2 heterocycles. The number of carbonyl (C=O) groups is 1. The summed E-state index contributed by atoms with van der Waals surface area (Å²) in [6.07, 6.45) is 2.85. The Bertz CT molecular complexity index is 607. The Balaban J connectivity index is 1.88. The van der Waals surface area contributed by atoms with Gasteiger partial charge in [-0.3, -0.25) is 4.79 Å². The van der Waals surface area contributed by atoms with Crippen LogP contribution in [0.1, 0.15) is 32.6 Å². The highest BCUT2D eigenvalue weighted by molar-refractivity contribution is 7.91. The molecule has 22 heavy (non-hydrogen) atoms. The molecule has 8 heteroatoms. The van der Waals surface area contributed by atoms with Crippen LogP contribution in [0, 0.1) is 5.92 Å². The Morgan fingerprint density at radius 1 is 1.41 bits per heavy atom. The zero-order chi connectivity index (χ0) is 16.2. The number of hydrogen-bond donors (Lipinski definition) is 1. The van der Waals surface area contributed by atoms with Crippen LogP contribution in [0.5, 0.6) is 0 Å². The lowest BCUT2D eigenvalue weighted by Crippen LogP contribution is -2.39. The first kappa shape index (κ1) is 17.7. The van der Waals surface area contributed by atoms with E-state index in [1.165, 1.54) is 4.31 Å². The van der Waals surface area contributed by atoms with E-state index in [-0.39, 0.29) is 16.0 Å². The van der Waals surface area contributed by atoms with Gasteiger partial charge < -0.3 is 5.32 Å². The quantitative estimate of drug-likeness (QED) is 0.843. The second-order valence-electron chi connectivity index (χ2n) is 5.46. The minimum absolute atomic E-state index is 0.0631. The molecular weight excluding hydrogens is 344 g/mol. The minimum atomic E-state index is -3.44. The highest BCUT2D eigenvalue weighted by Crippen LogP contribution is 2.31. The van der Waals surface area contributed by atoms with Crippen LogP contribution < -0.4 is 5.32 Å². The third-order valence-corrected chi connectivity index (χ3v) is 7.36. The SMILES string of the molecule is CCCNC(=O)CC1CCN(S(=O)(=O)c2ccc(Cl)s2)CC1. The molecule has 5 nitrogen and oxygen atoms in total. The molecule has 1 N–H and O–H groups in total. The third kappa shape index (κ3) is 4.44. The number of rotatable bonds is 6. The fourth-order valence-corrected chi connectivity index (χ4v) is 5.62. The van der Waals surface area contributed by atoms with E-state index in [9.17, 15) is 13.2 Å². The molecule has 1 aliphatic heterocycles. The van der Waals surface area contributed by atoms with Crippen LogP contribution in [0.3, 0.4) is 0 Å². The molecule has 1 amide bonds. The summed E-state index contributed by atoms with van der Waals surface area (Å²) in [5, 5.41) is 2.87. The van der Waals surface area contributed by atoms with E-state index in [2.05, 4.69) is 5.32 Å². The molecule has 0 bridgehead atoms.